The predicted molar refractivity (Wildman–Crippen MR) is 101 cm³/mol. The van der Waals surface area contributed by atoms with Gasteiger partial charge in [0.25, 0.3) is 0 Å². The van der Waals surface area contributed by atoms with Crippen LogP contribution in [0.1, 0.15) is 44.3 Å². The Morgan fingerprint density at radius 2 is 1.96 bits per heavy atom. The zero-order valence-electron chi connectivity index (χ0n) is 15.6. The van der Waals surface area contributed by atoms with Crippen molar-refractivity contribution in [2.75, 3.05) is 6.61 Å². The molecule has 1 saturated carbocycles. The van der Waals surface area contributed by atoms with Crippen LogP contribution in [0.4, 0.5) is 0 Å². The molecule has 4 rings (SSSR count). The number of hydrogen-bond donors (Lipinski definition) is 0. The van der Waals surface area contributed by atoms with Crippen molar-refractivity contribution < 1.29 is 13.7 Å². The zero-order valence-corrected chi connectivity index (χ0v) is 15.6. The molecule has 1 aliphatic rings. The number of ether oxygens (including phenoxy) is 1. The number of aromatic nitrogens is 2. The first-order valence-electron chi connectivity index (χ1n) is 9.64. The maximum absolute atomic E-state index is 5.69. The predicted octanol–water partition coefficient (Wildman–Crippen LogP) is 4.67. The standard InChI is InChI=1S/C21H25N3O3/c1-2-25-19-12-6-5-11-18(19)21-22-20(27-23-21)15-24(16-8-3-4-9-16)14-17-10-7-13-26-17/h5-7,10-13,16H,2-4,8-9,14-15H2,1H3. The molecule has 27 heavy (non-hydrogen) atoms. The molecule has 2 heterocycles. The van der Waals surface area contributed by atoms with Crippen LogP contribution in [0.5, 0.6) is 5.75 Å². The van der Waals surface area contributed by atoms with E-state index in [-0.39, 0.29) is 0 Å². The first-order chi connectivity index (χ1) is 13.3. The largest absolute Gasteiger partial charge is 0.493 e. The molecule has 3 aromatic rings. The molecule has 1 fully saturated rings. The van der Waals surface area contributed by atoms with Gasteiger partial charge >= 0.3 is 0 Å². The molecule has 0 aliphatic heterocycles. The van der Waals surface area contributed by atoms with Crippen LogP contribution in [0.15, 0.2) is 51.6 Å². The van der Waals surface area contributed by atoms with Crippen LogP contribution < -0.4 is 4.74 Å². The van der Waals surface area contributed by atoms with Crippen LogP contribution in [-0.2, 0) is 13.1 Å². The maximum Gasteiger partial charge on any atom is 0.241 e. The van der Waals surface area contributed by atoms with Crippen molar-refractivity contribution in [3.05, 3.63) is 54.3 Å². The fourth-order valence-electron chi connectivity index (χ4n) is 3.72. The van der Waals surface area contributed by atoms with Gasteiger partial charge in [0, 0.05) is 6.04 Å². The second-order valence-corrected chi connectivity index (χ2v) is 6.86. The van der Waals surface area contributed by atoms with Crippen LogP contribution >= 0.6 is 0 Å². The van der Waals surface area contributed by atoms with Crippen LogP contribution in [-0.4, -0.2) is 27.7 Å². The van der Waals surface area contributed by atoms with E-state index in [1.807, 2.05) is 43.3 Å². The van der Waals surface area contributed by atoms with Gasteiger partial charge in [-0.25, -0.2) is 0 Å². The Kier molecular flexibility index (Phi) is 5.53. The van der Waals surface area contributed by atoms with Gasteiger partial charge in [-0.05, 0) is 44.0 Å². The normalized spacial score (nSPS) is 14.9. The van der Waals surface area contributed by atoms with Crippen molar-refractivity contribution in [2.45, 2.75) is 51.7 Å². The number of nitrogens with zero attached hydrogens (tertiary/aromatic N) is 3. The molecule has 1 aromatic carbocycles. The van der Waals surface area contributed by atoms with E-state index in [0.29, 0.717) is 30.9 Å². The van der Waals surface area contributed by atoms with E-state index in [9.17, 15) is 0 Å². The summed E-state index contributed by atoms with van der Waals surface area (Å²) in [4.78, 5) is 7.02. The SMILES string of the molecule is CCOc1ccccc1-c1noc(CN(Cc2ccco2)C2CCCC2)n1. The highest BCUT2D eigenvalue weighted by atomic mass is 16.5. The molecule has 0 saturated heterocycles. The highest BCUT2D eigenvalue weighted by molar-refractivity contribution is 5.63. The van der Waals surface area contributed by atoms with E-state index in [1.54, 1.807) is 6.26 Å². The van der Waals surface area contributed by atoms with Gasteiger partial charge in [0.1, 0.15) is 11.5 Å². The second-order valence-electron chi connectivity index (χ2n) is 6.86. The number of para-hydroxylation sites is 1. The lowest BCUT2D eigenvalue weighted by Gasteiger charge is -2.26. The van der Waals surface area contributed by atoms with Crippen molar-refractivity contribution in [2.24, 2.45) is 0 Å². The van der Waals surface area contributed by atoms with E-state index >= 15 is 0 Å². The summed E-state index contributed by atoms with van der Waals surface area (Å²) in [6.45, 7) is 3.94. The lowest BCUT2D eigenvalue weighted by Crippen LogP contribution is -2.32. The fourth-order valence-corrected chi connectivity index (χ4v) is 3.72. The zero-order chi connectivity index (χ0) is 18.5. The first-order valence-corrected chi connectivity index (χ1v) is 9.64. The molecule has 142 valence electrons. The number of benzene rings is 1. The summed E-state index contributed by atoms with van der Waals surface area (Å²) in [5.74, 6) is 2.92. The second kappa shape index (κ2) is 8.39. The highest BCUT2D eigenvalue weighted by Crippen LogP contribution is 2.29. The Morgan fingerprint density at radius 3 is 2.74 bits per heavy atom. The van der Waals surface area contributed by atoms with Gasteiger partial charge in [0.05, 0.1) is 31.5 Å². The minimum atomic E-state index is 0.529. The average Bonchev–Trinajstić information content (AvgIpc) is 3.45. The Morgan fingerprint density at radius 1 is 1.11 bits per heavy atom. The average molecular weight is 367 g/mol. The van der Waals surface area contributed by atoms with Crippen molar-refractivity contribution in [1.82, 2.24) is 15.0 Å². The van der Waals surface area contributed by atoms with Crippen molar-refractivity contribution in [3.63, 3.8) is 0 Å². The molecule has 0 radical (unpaired) electrons. The van der Waals surface area contributed by atoms with Gasteiger partial charge in [-0.15, -0.1) is 0 Å². The minimum Gasteiger partial charge on any atom is -0.493 e. The topological polar surface area (TPSA) is 64.5 Å². The Hall–Kier alpha value is -2.60. The molecule has 0 bridgehead atoms. The lowest BCUT2D eigenvalue weighted by molar-refractivity contribution is 0.146. The first kappa shape index (κ1) is 17.8. The summed E-state index contributed by atoms with van der Waals surface area (Å²) in [6, 6.07) is 12.3. The smallest absolute Gasteiger partial charge is 0.241 e. The third-order valence-electron chi connectivity index (χ3n) is 5.01. The quantitative estimate of drug-likeness (QED) is 0.576. The molecule has 1 aliphatic carbocycles. The highest BCUT2D eigenvalue weighted by Gasteiger charge is 2.25. The molecule has 6 heteroatoms. The van der Waals surface area contributed by atoms with Crippen LogP contribution in [0.2, 0.25) is 0 Å². The third kappa shape index (κ3) is 4.22. The number of furan rings is 1. The van der Waals surface area contributed by atoms with Gasteiger partial charge < -0.3 is 13.7 Å². The lowest BCUT2D eigenvalue weighted by atomic mass is 10.2. The molecule has 0 amide bonds. The monoisotopic (exact) mass is 367 g/mol. The minimum absolute atomic E-state index is 0.529. The van der Waals surface area contributed by atoms with Crippen molar-refractivity contribution >= 4 is 0 Å². The summed E-state index contributed by atoms with van der Waals surface area (Å²) in [6.07, 6.45) is 6.67. The van der Waals surface area contributed by atoms with E-state index < -0.39 is 0 Å². The van der Waals surface area contributed by atoms with Gasteiger partial charge in [0.2, 0.25) is 11.7 Å². The fraction of sp³-hybridized carbons (Fsp3) is 0.429. The van der Waals surface area contributed by atoms with Gasteiger partial charge in [-0.2, -0.15) is 4.98 Å². The summed E-state index contributed by atoms with van der Waals surface area (Å²) >= 11 is 0. The molecule has 6 nitrogen and oxygen atoms in total. The summed E-state index contributed by atoms with van der Waals surface area (Å²) in [5.41, 5.74) is 0.854. The van der Waals surface area contributed by atoms with Crippen LogP contribution in [0.25, 0.3) is 11.4 Å². The number of rotatable bonds is 8. The van der Waals surface area contributed by atoms with Gasteiger partial charge in [0.15, 0.2) is 0 Å². The summed E-state index contributed by atoms with van der Waals surface area (Å²) in [5, 5.41) is 4.19. The Labute approximate surface area is 159 Å². The van der Waals surface area contributed by atoms with E-state index in [0.717, 1.165) is 23.6 Å². The summed E-state index contributed by atoms with van der Waals surface area (Å²) in [7, 11) is 0. The van der Waals surface area contributed by atoms with Gasteiger partial charge in [-0.3, -0.25) is 4.90 Å². The number of hydrogen-bond acceptors (Lipinski definition) is 6. The molecule has 2 aromatic heterocycles. The molecule has 0 unspecified atom stereocenters. The maximum atomic E-state index is 5.69. The van der Waals surface area contributed by atoms with E-state index in [1.165, 1.54) is 25.7 Å². The van der Waals surface area contributed by atoms with Crippen molar-refractivity contribution in [1.29, 1.82) is 0 Å². The molecule has 0 atom stereocenters. The van der Waals surface area contributed by atoms with Crippen molar-refractivity contribution in [3.8, 4) is 17.1 Å². The third-order valence-corrected chi connectivity index (χ3v) is 5.01. The van der Waals surface area contributed by atoms with Gasteiger partial charge in [-0.1, -0.05) is 30.1 Å². The van der Waals surface area contributed by atoms with Crippen LogP contribution in [0, 0.1) is 0 Å². The molecule has 0 N–H and O–H groups in total. The van der Waals surface area contributed by atoms with Crippen LogP contribution in [0.3, 0.4) is 0 Å². The van der Waals surface area contributed by atoms with E-state index in [2.05, 4.69) is 15.0 Å². The Balaban J connectivity index is 1.52. The molecule has 0 spiro atoms. The molecular formula is C21H25N3O3. The van der Waals surface area contributed by atoms with E-state index in [4.69, 9.17) is 13.7 Å². The molecular weight excluding hydrogens is 342 g/mol. The summed E-state index contributed by atoms with van der Waals surface area (Å²) < 4.78 is 16.8. The Bertz CT molecular complexity index is 838.